The van der Waals surface area contributed by atoms with Crippen molar-refractivity contribution >= 4 is 17.5 Å². The summed E-state index contributed by atoms with van der Waals surface area (Å²) in [4.78, 5) is 23.7. The quantitative estimate of drug-likeness (QED) is 0.578. The fraction of sp³-hybridized carbons (Fsp3) is 0.368. The third kappa shape index (κ3) is 6.81. The average molecular weight is 343 g/mol. The molecular weight excluding hydrogens is 318 g/mol. The van der Waals surface area contributed by atoms with Gasteiger partial charge in [0, 0.05) is 18.7 Å². The molecule has 0 bridgehead atoms. The molecule has 0 aliphatic carbocycles. The van der Waals surface area contributed by atoms with E-state index in [4.69, 9.17) is 10.2 Å². The smallest absolute Gasteiger partial charge is 0.291 e. The lowest BCUT2D eigenvalue weighted by Crippen LogP contribution is -2.22. The van der Waals surface area contributed by atoms with Crippen molar-refractivity contribution in [2.75, 3.05) is 11.9 Å². The first kappa shape index (κ1) is 18.7. The highest BCUT2D eigenvalue weighted by molar-refractivity contribution is 6.02. The number of nitrogens with two attached hydrogens (primary N) is 1. The van der Waals surface area contributed by atoms with Crippen LogP contribution < -0.4 is 16.4 Å². The standard InChI is InChI=1S/C19H25N3O3/c20-12-4-2-1-3-7-18(23)21-14-15-8-10-16(11-9-15)22-19(24)17-6-5-13-25-17/h5-6,8-11,13H,1-4,7,12,14,20H2,(H,21,23)(H,22,24). The zero-order valence-corrected chi connectivity index (χ0v) is 14.3. The lowest BCUT2D eigenvalue weighted by atomic mass is 10.1. The first-order chi connectivity index (χ1) is 12.2. The van der Waals surface area contributed by atoms with Crippen LogP contribution in [0.1, 0.15) is 48.2 Å². The summed E-state index contributed by atoms with van der Waals surface area (Å²) in [6.45, 7) is 1.19. The zero-order chi connectivity index (χ0) is 17.9. The van der Waals surface area contributed by atoms with E-state index in [1.807, 2.05) is 12.1 Å². The number of hydrogen-bond donors (Lipinski definition) is 3. The van der Waals surface area contributed by atoms with Gasteiger partial charge in [0.25, 0.3) is 5.91 Å². The Morgan fingerprint density at radius 1 is 1.00 bits per heavy atom. The molecule has 2 rings (SSSR count). The minimum atomic E-state index is -0.291. The first-order valence-corrected chi connectivity index (χ1v) is 8.59. The highest BCUT2D eigenvalue weighted by atomic mass is 16.3. The molecule has 2 aromatic rings. The van der Waals surface area contributed by atoms with Gasteiger partial charge in [0.2, 0.25) is 5.91 Å². The Kier molecular flexibility index (Phi) is 7.72. The summed E-state index contributed by atoms with van der Waals surface area (Å²) in [6, 6.07) is 10.6. The van der Waals surface area contributed by atoms with Crippen LogP contribution in [-0.2, 0) is 11.3 Å². The predicted molar refractivity (Wildman–Crippen MR) is 97.1 cm³/mol. The number of anilines is 1. The van der Waals surface area contributed by atoms with Crippen molar-refractivity contribution in [1.82, 2.24) is 5.32 Å². The molecule has 1 aromatic carbocycles. The largest absolute Gasteiger partial charge is 0.459 e. The molecule has 0 aliphatic heterocycles. The summed E-state index contributed by atoms with van der Waals surface area (Å²) in [6.07, 6.45) is 6.03. The summed E-state index contributed by atoms with van der Waals surface area (Å²) in [7, 11) is 0. The lowest BCUT2D eigenvalue weighted by molar-refractivity contribution is -0.121. The molecule has 4 N–H and O–H groups in total. The lowest BCUT2D eigenvalue weighted by Gasteiger charge is -2.07. The molecule has 1 heterocycles. The van der Waals surface area contributed by atoms with Crippen molar-refractivity contribution in [3.8, 4) is 0 Å². The molecule has 0 saturated carbocycles. The fourth-order valence-electron chi connectivity index (χ4n) is 2.38. The van der Waals surface area contributed by atoms with E-state index in [0.717, 1.165) is 31.2 Å². The maximum atomic E-state index is 11.9. The Morgan fingerprint density at radius 2 is 1.76 bits per heavy atom. The van der Waals surface area contributed by atoms with Gasteiger partial charge < -0.3 is 20.8 Å². The summed E-state index contributed by atoms with van der Waals surface area (Å²) in [5.41, 5.74) is 7.09. The molecule has 0 aliphatic rings. The number of nitrogens with one attached hydrogen (secondary N) is 2. The first-order valence-electron chi connectivity index (χ1n) is 8.59. The number of unbranched alkanes of at least 4 members (excludes halogenated alkanes) is 3. The zero-order valence-electron chi connectivity index (χ0n) is 14.3. The van der Waals surface area contributed by atoms with Gasteiger partial charge >= 0.3 is 0 Å². The molecule has 1 aromatic heterocycles. The SMILES string of the molecule is NCCCCCCC(=O)NCc1ccc(NC(=O)c2ccco2)cc1. The molecule has 0 atom stereocenters. The van der Waals surface area contributed by atoms with Crippen LogP contribution in [0, 0.1) is 0 Å². The molecule has 0 spiro atoms. The average Bonchev–Trinajstić information content (AvgIpc) is 3.16. The third-order valence-corrected chi connectivity index (χ3v) is 3.80. The van der Waals surface area contributed by atoms with E-state index in [-0.39, 0.29) is 17.6 Å². The van der Waals surface area contributed by atoms with Crippen LogP contribution in [0.2, 0.25) is 0 Å². The molecule has 0 unspecified atom stereocenters. The van der Waals surface area contributed by atoms with Crippen LogP contribution in [0.3, 0.4) is 0 Å². The highest BCUT2D eigenvalue weighted by Crippen LogP contribution is 2.12. The Balaban J connectivity index is 1.69. The van der Waals surface area contributed by atoms with Crippen molar-refractivity contribution < 1.29 is 14.0 Å². The van der Waals surface area contributed by atoms with Crippen molar-refractivity contribution in [2.45, 2.75) is 38.6 Å². The molecule has 6 heteroatoms. The monoisotopic (exact) mass is 343 g/mol. The number of hydrogen-bond acceptors (Lipinski definition) is 4. The summed E-state index contributed by atoms with van der Waals surface area (Å²) in [5, 5.41) is 5.66. The molecule has 0 radical (unpaired) electrons. The normalized spacial score (nSPS) is 10.4. The van der Waals surface area contributed by atoms with Gasteiger partial charge in [-0.2, -0.15) is 0 Å². The van der Waals surface area contributed by atoms with Gasteiger partial charge in [-0.15, -0.1) is 0 Å². The van der Waals surface area contributed by atoms with E-state index in [0.29, 0.717) is 25.2 Å². The molecule has 25 heavy (non-hydrogen) atoms. The summed E-state index contributed by atoms with van der Waals surface area (Å²) in [5.74, 6) is 0.0337. The molecule has 134 valence electrons. The maximum Gasteiger partial charge on any atom is 0.291 e. The Bertz CT molecular complexity index is 651. The van der Waals surface area contributed by atoms with Gasteiger partial charge in [-0.3, -0.25) is 9.59 Å². The van der Waals surface area contributed by atoms with Crippen LogP contribution in [0.25, 0.3) is 0 Å². The van der Waals surface area contributed by atoms with Crippen LogP contribution in [0.4, 0.5) is 5.69 Å². The topological polar surface area (TPSA) is 97.4 Å². The van der Waals surface area contributed by atoms with Gasteiger partial charge in [0.1, 0.15) is 0 Å². The molecule has 6 nitrogen and oxygen atoms in total. The van der Waals surface area contributed by atoms with Crippen molar-refractivity contribution in [3.05, 3.63) is 54.0 Å². The fourth-order valence-corrected chi connectivity index (χ4v) is 2.38. The Morgan fingerprint density at radius 3 is 2.44 bits per heavy atom. The second-order valence-corrected chi connectivity index (χ2v) is 5.86. The van der Waals surface area contributed by atoms with Crippen LogP contribution in [-0.4, -0.2) is 18.4 Å². The number of carbonyl (C=O) groups excluding carboxylic acids is 2. The predicted octanol–water partition coefficient (Wildman–Crippen LogP) is 3.06. The van der Waals surface area contributed by atoms with E-state index in [1.165, 1.54) is 6.26 Å². The highest BCUT2D eigenvalue weighted by Gasteiger charge is 2.08. The number of benzene rings is 1. The molecule has 2 amide bonds. The van der Waals surface area contributed by atoms with E-state index in [2.05, 4.69) is 10.6 Å². The van der Waals surface area contributed by atoms with Crippen molar-refractivity contribution in [1.29, 1.82) is 0 Å². The minimum Gasteiger partial charge on any atom is -0.459 e. The van der Waals surface area contributed by atoms with Gasteiger partial charge in [0.05, 0.1) is 6.26 Å². The number of rotatable bonds is 10. The van der Waals surface area contributed by atoms with E-state index in [1.54, 1.807) is 24.3 Å². The Labute approximate surface area is 147 Å². The number of furan rings is 1. The van der Waals surface area contributed by atoms with Gasteiger partial charge in [0.15, 0.2) is 5.76 Å². The van der Waals surface area contributed by atoms with Crippen molar-refractivity contribution in [2.24, 2.45) is 5.73 Å². The molecule has 0 fully saturated rings. The summed E-state index contributed by atoms with van der Waals surface area (Å²) >= 11 is 0. The Hall–Kier alpha value is -2.60. The maximum absolute atomic E-state index is 11.9. The second kappa shape index (κ2) is 10.3. The van der Waals surface area contributed by atoms with Gasteiger partial charge in [-0.1, -0.05) is 25.0 Å². The van der Waals surface area contributed by atoms with Crippen LogP contribution >= 0.6 is 0 Å². The summed E-state index contributed by atoms with van der Waals surface area (Å²) < 4.78 is 5.04. The van der Waals surface area contributed by atoms with E-state index < -0.39 is 0 Å². The number of carbonyl (C=O) groups is 2. The van der Waals surface area contributed by atoms with Crippen LogP contribution in [0.15, 0.2) is 47.1 Å². The third-order valence-electron chi connectivity index (χ3n) is 3.80. The molecular formula is C19H25N3O3. The van der Waals surface area contributed by atoms with E-state index >= 15 is 0 Å². The van der Waals surface area contributed by atoms with Gasteiger partial charge in [-0.05, 0) is 49.2 Å². The molecule has 0 saturated heterocycles. The van der Waals surface area contributed by atoms with Gasteiger partial charge in [-0.25, -0.2) is 0 Å². The van der Waals surface area contributed by atoms with E-state index in [9.17, 15) is 9.59 Å². The number of amides is 2. The van der Waals surface area contributed by atoms with Crippen LogP contribution in [0.5, 0.6) is 0 Å². The second-order valence-electron chi connectivity index (χ2n) is 5.86. The minimum absolute atomic E-state index is 0.0583. The van der Waals surface area contributed by atoms with Crippen molar-refractivity contribution in [3.63, 3.8) is 0 Å².